The van der Waals surface area contributed by atoms with Gasteiger partial charge in [0.1, 0.15) is 5.69 Å². The number of anilines is 2. The summed E-state index contributed by atoms with van der Waals surface area (Å²) in [6, 6.07) is 1.76. The first kappa shape index (κ1) is 12.1. The van der Waals surface area contributed by atoms with Gasteiger partial charge in [-0.3, -0.25) is 4.79 Å². The first-order valence-electron chi connectivity index (χ1n) is 5.54. The van der Waals surface area contributed by atoms with Crippen molar-refractivity contribution in [3.05, 3.63) is 24.1 Å². The van der Waals surface area contributed by atoms with Gasteiger partial charge in [0, 0.05) is 6.04 Å². The third kappa shape index (κ3) is 2.32. The molecule has 2 aromatic heterocycles. The molecule has 0 aromatic carbocycles. The number of nitrogens with zero attached hydrogens (tertiary/aromatic N) is 2. The zero-order valence-electron chi connectivity index (χ0n) is 10.2. The number of aromatic nitrogens is 2. The molecule has 0 aliphatic rings. The number of aldehydes is 1. The van der Waals surface area contributed by atoms with Crippen LogP contribution < -0.4 is 11.1 Å². The van der Waals surface area contributed by atoms with E-state index >= 15 is 0 Å². The highest BCUT2D eigenvalue weighted by molar-refractivity contribution is 5.84. The van der Waals surface area contributed by atoms with Crippen LogP contribution in [0.3, 0.4) is 0 Å². The predicted molar refractivity (Wildman–Crippen MR) is 68.3 cm³/mol. The maximum atomic E-state index is 10.8. The number of carbonyl (C=O) groups excluding carboxylic acids is 1. The van der Waals surface area contributed by atoms with Gasteiger partial charge < -0.3 is 15.5 Å². The van der Waals surface area contributed by atoms with Crippen LogP contribution in [0.4, 0.5) is 11.6 Å². The Morgan fingerprint density at radius 2 is 2.28 bits per heavy atom. The Hall–Kier alpha value is -2.37. The second-order valence-corrected chi connectivity index (χ2v) is 4.11. The number of nitrogens with one attached hydrogen (secondary N) is 1. The molecule has 0 aliphatic carbocycles. The highest BCUT2D eigenvalue weighted by Crippen LogP contribution is 2.24. The van der Waals surface area contributed by atoms with Gasteiger partial charge in [-0.2, -0.15) is 0 Å². The third-order valence-electron chi connectivity index (χ3n) is 2.28. The SMILES string of the molecule is CC(C)Nc1nc(-c2occc2C=O)cnc1N. The van der Waals surface area contributed by atoms with Gasteiger partial charge in [-0.05, 0) is 19.9 Å². The number of furan rings is 1. The molecule has 0 aliphatic heterocycles. The van der Waals surface area contributed by atoms with Gasteiger partial charge in [-0.1, -0.05) is 0 Å². The summed E-state index contributed by atoms with van der Waals surface area (Å²) in [5.41, 5.74) is 6.63. The summed E-state index contributed by atoms with van der Waals surface area (Å²) >= 11 is 0. The highest BCUT2D eigenvalue weighted by Gasteiger charge is 2.13. The first-order valence-corrected chi connectivity index (χ1v) is 5.54. The summed E-state index contributed by atoms with van der Waals surface area (Å²) in [6.07, 6.45) is 3.63. The van der Waals surface area contributed by atoms with Crippen LogP contribution in [0.25, 0.3) is 11.5 Å². The second-order valence-electron chi connectivity index (χ2n) is 4.11. The molecular formula is C12H14N4O2. The minimum Gasteiger partial charge on any atom is -0.462 e. The van der Waals surface area contributed by atoms with Crippen LogP contribution in [0.15, 0.2) is 22.9 Å². The van der Waals surface area contributed by atoms with Crippen LogP contribution in [-0.4, -0.2) is 22.3 Å². The van der Waals surface area contributed by atoms with Crippen LogP contribution >= 0.6 is 0 Å². The number of nitrogens with two attached hydrogens (primary N) is 1. The van der Waals surface area contributed by atoms with E-state index in [-0.39, 0.29) is 6.04 Å². The number of carbonyl (C=O) groups is 1. The molecule has 2 aromatic rings. The molecule has 2 rings (SSSR count). The van der Waals surface area contributed by atoms with E-state index in [1.165, 1.54) is 12.5 Å². The van der Waals surface area contributed by atoms with Crippen molar-refractivity contribution < 1.29 is 9.21 Å². The van der Waals surface area contributed by atoms with Crippen LogP contribution in [0.1, 0.15) is 24.2 Å². The van der Waals surface area contributed by atoms with Crippen LogP contribution in [0.5, 0.6) is 0 Å². The summed E-state index contributed by atoms with van der Waals surface area (Å²) in [5.74, 6) is 1.19. The predicted octanol–water partition coefficient (Wildman–Crippen LogP) is 1.95. The van der Waals surface area contributed by atoms with E-state index in [9.17, 15) is 4.79 Å². The van der Waals surface area contributed by atoms with Gasteiger partial charge in [0.15, 0.2) is 23.7 Å². The zero-order chi connectivity index (χ0) is 13.1. The molecule has 2 heterocycles. The van der Waals surface area contributed by atoms with Crippen molar-refractivity contribution in [2.75, 3.05) is 11.1 Å². The largest absolute Gasteiger partial charge is 0.462 e. The Kier molecular flexibility index (Phi) is 3.27. The zero-order valence-corrected chi connectivity index (χ0v) is 10.2. The van der Waals surface area contributed by atoms with Gasteiger partial charge in [0.2, 0.25) is 0 Å². The van der Waals surface area contributed by atoms with Gasteiger partial charge in [-0.15, -0.1) is 0 Å². The van der Waals surface area contributed by atoms with E-state index in [1.807, 2.05) is 13.8 Å². The summed E-state index contributed by atoms with van der Waals surface area (Å²) in [7, 11) is 0. The molecule has 94 valence electrons. The normalized spacial score (nSPS) is 10.6. The Labute approximate surface area is 104 Å². The minimum absolute atomic E-state index is 0.180. The standard InChI is InChI=1S/C12H14N4O2/c1-7(2)15-12-11(13)14-5-9(16-12)10-8(6-17)3-4-18-10/h3-7H,1-2H3,(H2,13,14)(H,15,16). The van der Waals surface area contributed by atoms with Crippen LogP contribution in [0.2, 0.25) is 0 Å². The van der Waals surface area contributed by atoms with Gasteiger partial charge in [0.05, 0.1) is 18.0 Å². The van der Waals surface area contributed by atoms with E-state index < -0.39 is 0 Å². The second kappa shape index (κ2) is 4.87. The fraction of sp³-hybridized carbons (Fsp3) is 0.250. The molecule has 6 nitrogen and oxygen atoms in total. The number of hydrogen-bond donors (Lipinski definition) is 2. The summed E-state index contributed by atoms with van der Waals surface area (Å²) < 4.78 is 5.24. The molecule has 0 spiro atoms. The van der Waals surface area contributed by atoms with Crippen LogP contribution in [-0.2, 0) is 0 Å². The van der Waals surface area contributed by atoms with E-state index in [4.69, 9.17) is 10.2 Å². The Morgan fingerprint density at radius 1 is 1.50 bits per heavy atom. The fourth-order valence-corrected chi connectivity index (χ4v) is 1.51. The molecule has 18 heavy (non-hydrogen) atoms. The minimum atomic E-state index is 0.180. The number of hydrogen-bond acceptors (Lipinski definition) is 6. The lowest BCUT2D eigenvalue weighted by Gasteiger charge is -2.11. The molecule has 0 bridgehead atoms. The van der Waals surface area contributed by atoms with Gasteiger partial charge in [0.25, 0.3) is 0 Å². The lowest BCUT2D eigenvalue weighted by molar-refractivity contribution is 0.112. The Morgan fingerprint density at radius 3 is 2.94 bits per heavy atom. The number of rotatable bonds is 4. The maximum Gasteiger partial charge on any atom is 0.169 e. The van der Waals surface area contributed by atoms with Crippen molar-refractivity contribution in [3.63, 3.8) is 0 Å². The maximum absolute atomic E-state index is 10.8. The van der Waals surface area contributed by atoms with E-state index in [0.717, 1.165) is 0 Å². The topological polar surface area (TPSA) is 94.0 Å². The molecule has 0 atom stereocenters. The highest BCUT2D eigenvalue weighted by atomic mass is 16.3. The molecule has 0 unspecified atom stereocenters. The molecule has 0 fully saturated rings. The smallest absolute Gasteiger partial charge is 0.169 e. The quantitative estimate of drug-likeness (QED) is 0.801. The average Bonchev–Trinajstić information content (AvgIpc) is 2.79. The summed E-state index contributed by atoms with van der Waals surface area (Å²) in [6.45, 7) is 3.94. The van der Waals surface area contributed by atoms with E-state index in [2.05, 4.69) is 15.3 Å². The van der Waals surface area contributed by atoms with E-state index in [1.54, 1.807) is 6.07 Å². The molecule has 0 saturated heterocycles. The lowest BCUT2D eigenvalue weighted by Crippen LogP contribution is -2.14. The van der Waals surface area contributed by atoms with Crippen LogP contribution in [0, 0.1) is 0 Å². The van der Waals surface area contributed by atoms with Gasteiger partial charge in [-0.25, -0.2) is 9.97 Å². The van der Waals surface area contributed by atoms with Crippen molar-refractivity contribution in [2.24, 2.45) is 0 Å². The third-order valence-corrected chi connectivity index (χ3v) is 2.28. The first-order chi connectivity index (χ1) is 8.61. The fourth-order valence-electron chi connectivity index (χ4n) is 1.51. The van der Waals surface area contributed by atoms with Crippen molar-refractivity contribution in [2.45, 2.75) is 19.9 Å². The van der Waals surface area contributed by atoms with Crippen molar-refractivity contribution >= 4 is 17.9 Å². The van der Waals surface area contributed by atoms with Crippen molar-refractivity contribution in [1.82, 2.24) is 9.97 Å². The number of nitrogen functional groups attached to an aromatic ring is 1. The molecule has 0 radical (unpaired) electrons. The average molecular weight is 246 g/mol. The van der Waals surface area contributed by atoms with E-state index in [0.29, 0.717) is 34.9 Å². The van der Waals surface area contributed by atoms with Crippen molar-refractivity contribution in [1.29, 1.82) is 0 Å². The molecule has 0 amide bonds. The summed E-state index contributed by atoms with van der Waals surface area (Å²) in [4.78, 5) is 19.2. The molecule has 3 N–H and O–H groups in total. The molecule has 0 saturated carbocycles. The lowest BCUT2D eigenvalue weighted by atomic mass is 10.2. The monoisotopic (exact) mass is 246 g/mol. The molecular weight excluding hydrogens is 232 g/mol. The Bertz CT molecular complexity index is 563. The molecule has 6 heteroatoms. The van der Waals surface area contributed by atoms with Gasteiger partial charge >= 0.3 is 0 Å². The Balaban J connectivity index is 2.43. The van der Waals surface area contributed by atoms with Crippen molar-refractivity contribution in [3.8, 4) is 11.5 Å². The summed E-state index contributed by atoms with van der Waals surface area (Å²) in [5, 5.41) is 3.08.